The van der Waals surface area contributed by atoms with Gasteiger partial charge in [0.05, 0.1) is 22.5 Å². The Balaban J connectivity index is 1.44. The van der Waals surface area contributed by atoms with Gasteiger partial charge in [-0.25, -0.2) is 9.97 Å². The lowest BCUT2D eigenvalue weighted by Gasteiger charge is -2.11. The smallest absolute Gasteiger partial charge is 0.258 e. The molecule has 0 aliphatic carbocycles. The summed E-state index contributed by atoms with van der Waals surface area (Å²) in [5.41, 5.74) is 8.76. The second kappa shape index (κ2) is 10.0. The van der Waals surface area contributed by atoms with Gasteiger partial charge in [0.2, 0.25) is 0 Å². The normalized spacial score (nSPS) is 11.2. The number of hydrogen-bond acceptors (Lipinski definition) is 4. The second-order valence-electron chi connectivity index (χ2n) is 9.68. The highest BCUT2D eigenvalue weighted by Gasteiger charge is 2.17. The van der Waals surface area contributed by atoms with Crippen molar-refractivity contribution in [3.8, 4) is 22.5 Å². The van der Waals surface area contributed by atoms with E-state index in [1.165, 1.54) is 22.5 Å². The molecule has 0 fully saturated rings. The molecule has 0 bridgehead atoms. The van der Waals surface area contributed by atoms with Gasteiger partial charge in [0.1, 0.15) is 0 Å². The first kappa shape index (κ1) is 23.9. The fourth-order valence-corrected chi connectivity index (χ4v) is 5.23. The van der Waals surface area contributed by atoms with Crippen molar-refractivity contribution in [2.45, 2.75) is 34.1 Å². The Bertz CT molecular complexity index is 1550. The summed E-state index contributed by atoms with van der Waals surface area (Å²) in [6.07, 6.45) is 1.06. The van der Waals surface area contributed by atoms with Crippen molar-refractivity contribution >= 4 is 33.3 Å². The number of hydrogen-bond donors (Lipinski definition) is 1. The Morgan fingerprint density at radius 2 is 1.69 bits per heavy atom. The molecule has 0 saturated carbocycles. The first-order chi connectivity index (χ1) is 17.4. The number of fused-ring (bicyclic) bond motifs is 1. The van der Waals surface area contributed by atoms with Crippen molar-refractivity contribution in [2.24, 2.45) is 5.92 Å². The predicted octanol–water partition coefficient (Wildman–Crippen LogP) is 8.09. The number of aromatic nitrogens is 2. The third-order valence-electron chi connectivity index (χ3n) is 6.24. The van der Waals surface area contributed by atoms with Crippen LogP contribution in [0.15, 0.2) is 78.2 Å². The van der Waals surface area contributed by atoms with E-state index in [1.54, 1.807) is 0 Å². The van der Waals surface area contributed by atoms with Crippen molar-refractivity contribution in [1.82, 2.24) is 9.97 Å². The first-order valence-electron chi connectivity index (χ1n) is 12.2. The Kier molecular flexibility index (Phi) is 6.66. The molecule has 0 atom stereocenters. The molecule has 0 unspecified atom stereocenters. The molecule has 0 radical (unpaired) electrons. The summed E-state index contributed by atoms with van der Waals surface area (Å²) in [6.45, 7) is 8.59. The number of thiazole rings is 1. The van der Waals surface area contributed by atoms with E-state index in [9.17, 15) is 4.79 Å². The van der Waals surface area contributed by atoms with Crippen LogP contribution in [0.4, 0.5) is 5.13 Å². The summed E-state index contributed by atoms with van der Waals surface area (Å²) in [7, 11) is 0. The number of para-hydroxylation sites is 1. The van der Waals surface area contributed by atoms with Crippen LogP contribution < -0.4 is 5.32 Å². The molecule has 1 amide bonds. The molecule has 2 aromatic heterocycles. The monoisotopic (exact) mass is 491 g/mol. The Morgan fingerprint density at radius 3 is 2.44 bits per heavy atom. The van der Waals surface area contributed by atoms with Crippen LogP contribution in [0.25, 0.3) is 33.4 Å². The average molecular weight is 492 g/mol. The zero-order chi connectivity index (χ0) is 25.2. The standard InChI is InChI=1S/C31H29N3OS/c1-19(2)15-22-10-12-23(13-11-22)29-18-36-31(33-29)34-30(35)26-17-28(24-14-9-20(3)16-21(24)4)32-27-8-6-5-7-25(26)27/h5-14,16-19H,15H2,1-4H3,(H,33,34,35). The number of anilines is 1. The van der Waals surface area contributed by atoms with Gasteiger partial charge >= 0.3 is 0 Å². The zero-order valence-corrected chi connectivity index (χ0v) is 21.8. The van der Waals surface area contributed by atoms with Gasteiger partial charge in [-0.2, -0.15) is 0 Å². The maximum absolute atomic E-state index is 13.5. The summed E-state index contributed by atoms with van der Waals surface area (Å²) < 4.78 is 0. The minimum atomic E-state index is -0.187. The van der Waals surface area contributed by atoms with E-state index in [4.69, 9.17) is 9.97 Å². The quantitative estimate of drug-likeness (QED) is 0.261. The molecule has 5 heteroatoms. The lowest BCUT2D eigenvalue weighted by molar-refractivity contribution is 0.102. The molecule has 0 aliphatic heterocycles. The summed E-state index contributed by atoms with van der Waals surface area (Å²) in [5, 5.41) is 6.41. The van der Waals surface area contributed by atoms with Gasteiger partial charge in [0.15, 0.2) is 5.13 Å². The Hall–Kier alpha value is -3.83. The number of carbonyl (C=O) groups is 1. The molecular weight excluding hydrogens is 462 g/mol. The van der Waals surface area contributed by atoms with Crippen LogP contribution in [0.5, 0.6) is 0 Å². The fraction of sp³-hybridized carbons (Fsp3) is 0.194. The van der Waals surface area contributed by atoms with E-state index in [2.05, 4.69) is 75.5 Å². The third-order valence-corrected chi connectivity index (χ3v) is 6.99. The van der Waals surface area contributed by atoms with Crippen LogP contribution in [0.2, 0.25) is 0 Å². The minimum absolute atomic E-state index is 0.187. The number of aryl methyl sites for hydroxylation is 2. The number of nitrogens with one attached hydrogen (secondary N) is 1. The van der Waals surface area contributed by atoms with Gasteiger partial charge in [-0.15, -0.1) is 11.3 Å². The van der Waals surface area contributed by atoms with E-state index in [1.807, 2.05) is 35.7 Å². The lowest BCUT2D eigenvalue weighted by atomic mass is 9.99. The van der Waals surface area contributed by atoms with Crippen LogP contribution >= 0.6 is 11.3 Å². The number of nitrogens with zero attached hydrogens (tertiary/aromatic N) is 2. The molecule has 2 heterocycles. The summed E-state index contributed by atoms with van der Waals surface area (Å²) >= 11 is 1.43. The minimum Gasteiger partial charge on any atom is -0.298 e. The Labute approximate surface area is 216 Å². The van der Waals surface area contributed by atoms with Gasteiger partial charge in [-0.3, -0.25) is 10.1 Å². The highest BCUT2D eigenvalue weighted by atomic mass is 32.1. The number of amides is 1. The van der Waals surface area contributed by atoms with E-state index in [0.29, 0.717) is 16.6 Å². The predicted molar refractivity (Wildman–Crippen MR) is 151 cm³/mol. The van der Waals surface area contributed by atoms with Crippen molar-refractivity contribution in [3.63, 3.8) is 0 Å². The number of benzene rings is 3. The lowest BCUT2D eigenvalue weighted by Crippen LogP contribution is -2.13. The topological polar surface area (TPSA) is 54.9 Å². The van der Waals surface area contributed by atoms with Crippen molar-refractivity contribution < 1.29 is 4.79 Å². The SMILES string of the molecule is Cc1ccc(-c2cc(C(=O)Nc3nc(-c4ccc(CC(C)C)cc4)cs3)c3ccccc3n2)c(C)c1. The van der Waals surface area contributed by atoms with Crippen LogP contribution in [-0.4, -0.2) is 15.9 Å². The third kappa shape index (κ3) is 5.07. The maximum atomic E-state index is 13.5. The maximum Gasteiger partial charge on any atom is 0.258 e. The highest BCUT2D eigenvalue weighted by molar-refractivity contribution is 7.14. The van der Waals surface area contributed by atoms with E-state index < -0.39 is 0 Å². The summed E-state index contributed by atoms with van der Waals surface area (Å²) in [5.74, 6) is 0.435. The Morgan fingerprint density at radius 1 is 0.917 bits per heavy atom. The number of carbonyl (C=O) groups excluding carboxylic acids is 1. The van der Waals surface area contributed by atoms with Crippen molar-refractivity contribution in [2.75, 3.05) is 5.32 Å². The number of rotatable bonds is 6. The van der Waals surface area contributed by atoms with Crippen LogP contribution in [0.3, 0.4) is 0 Å². The molecule has 5 aromatic rings. The van der Waals surface area contributed by atoms with Gasteiger partial charge in [-0.05, 0) is 49.4 Å². The molecule has 0 saturated heterocycles. The highest BCUT2D eigenvalue weighted by Crippen LogP contribution is 2.30. The fourth-order valence-electron chi connectivity index (χ4n) is 4.51. The van der Waals surface area contributed by atoms with Crippen LogP contribution in [-0.2, 0) is 6.42 Å². The van der Waals surface area contributed by atoms with E-state index in [0.717, 1.165) is 45.4 Å². The van der Waals surface area contributed by atoms with Crippen molar-refractivity contribution in [3.05, 3.63) is 100 Å². The van der Waals surface area contributed by atoms with Crippen molar-refractivity contribution in [1.29, 1.82) is 0 Å². The van der Waals surface area contributed by atoms with Gasteiger partial charge in [0.25, 0.3) is 5.91 Å². The van der Waals surface area contributed by atoms with Gasteiger partial charge in [-0.1, -0.05) is 80.1 Å². The number of pyridine rings is 1. The molecule has 0 spiro atoms. The summed E-state index contributed by atoms with van der Waals surface area (Å²) in [6, 6.07) is 24.5. The average Bonchev–Trinajstić information content (AvgIpc) is 3.32. The molecule has 4 nitrogen and oxygen atoms in total. The summed E-state index contributed by atoms with van der Waals surface area (Å²) in [4.78, 5) is 23.0. The van der Waals surface area contributed by atoms with Gasteiger partial charge < -0.3 is 0 Å². The molecule has 5 rings (SSSR count). The van der Waals surface area contributed by atoms with E-state index in [-0.39, 0.29) is 5.91 Å². The molecule has 3 aromatic carbocycles. The molecule has 0 aliphatic rings. The second-order valence-corrected chi connectivity index (χ2v) is 10.5. The van der Waals surface area contributed by atoms with E-state index >= 15 is 0 Å². The van der Waals surface area contributed by atoms with Gasteiger partial charge in [0, 0.05) is 21.9 Å². The van der Waals surface area contributed by atoms with Crippen LogP contribution in [0.1, 0.15) is 40.9 Å². The van der Waals surface area contributed by atoms with Crippen LogP contribution in [0, 0.1) is 19.8 Å². The molecule has 180 valence electrons. The largest absolute Gasteiger partial charge is 0.298 e. The molecule has 36 heavy (non-hydrogen) atoms. The molecular formula is C31H29N3OS. The zero-order valence-electron chi connectivity index (χ0n) is 21.0. The first-order valence-corrected chi connectivity index (χ1v) is 13.1. The molecule has 1 N–H and O–H groups in total.